The van der Waals surface area contributed by atoms with Crippen LogP contribution in [0.2, 0.25) is 5.02 Å². The van der Waals surface area contributed by atoms with Crippen LogP contribution in [0.15, 0.2) is 48.0 Å². The van der Waals surface area contributed by atoms with E-state index >= 15 is 0 Å². The molecule has 1 aliphatic heterocycles. The van der Waals surface area contributed by atoms with Crippen molar-refractivity contribution >= 4 is 29.1 Å². The summed E-state index contributed by atoms with van der Waals surface area (Å²) in [4.78, 5) is 29.5. The number of aliphatic hydroxyl groups excluding tert-OH is 1. The summed E-state index contributed by atoms with van der Waals surface area (Å²) in [6.45, 7) is 5.32. The summed E-state index contributed by atoms with van der Waals surface area (Å²) in [6, 6.07) is 11.9. The lowest BCUT2D eigenvalue weighted by atomic mass is 9.94. The van der Waals surface area contributed by atoms with Gasteiger partial charge in [-0.1, -0.05) is 42.8 Å². The Morgan fingerprint density at radius 2 is 1.81 bits per heavy atom. The van der Waals surface area contributed by atoms with Gasteiger partial charge in [-0.2, -0.15) is 0 Å². The third-order valence-electron chi connectivity index (χ3n) is 5.54. The Bertz CT molecular complexity index is 1030. The van der Waals surface area contributed by atoms with Crippen molar-refractivity contribution < 1.29 is 19.4 Å². The highest BCUT2D eigenvalue weighted by molar-refractivity contribution is 6.46. The number of rotatable bonds is 8. The van der Waals surface area contributed by atoms with Gasteiger partial charge in [0.05, 0.1) is 23.2 Å². The van der Waals surface area contributed by atoms with E-state index in [2.05, 4.69) is 6.92 Å². The number of aliphatic hydroxyl groups is 1. The Hall–Kier alpha value is -2.83. The van der Waals surface area contributed by atoms with Crippen LogP contribution in [0.4, 0.5) is 0 Å². The topological polar surface area (TPSA) is 70.1 Å². The fourth-order valence-corrected chi connectivity index (χ4v) is 4.01. The number of Topliss-reactive ketones (excluding diaryl/α,β-unsaturated/α-hetero) is 1. The molecule has 0 radical (unpaired) electrons. The number of carbonyl (C=O) groups is 2. The van der Waals surface area contributed by atoms with E-state index < -0.39 is 17.7 Å². The second kappa shape index (κ2) is 10.2. The van der Waals surface area contributed by atoms with Crippen LogP contribution in [0.1, 0.15) is 36.6 Å². The lowest BCUT2D eigenvalue weighted by molar-refractivity contribution is -0.140. The Morgan fingerprint density at radius 1 is 1.12 bits per heavy atom. The molecule has 1 saturated heterocycles. The van der Waals surface area contributed by atoms with Crippen LogP contribution in [-0.2, 0) is 16.0 Å². The van der Waals surface area contributed by atoms with Gasteiger partial charge >= 0.3 is 0 Å². The quantitative estimate of drug-likeness (QED) is 0.364. The summed E-state index contributed by atoms with van der Waals surface area (Å²) in [5, 5.41) is 11.5. The minimum atomic E-state index is -0.698. The Balaban J connectivity index is 2.12. The molecular weight excluding hydrogens is 428 g/mol. The number of halogens is 1. The molecule has 170 valence electrons. The highest BCUT2D eigenvalue weighted by atomic mass is 35.5. The van der Waals surface area contributed by atoms with Crippen molar-refractivity contribution in [2.45, 2.75) is 26.3 Å². The predicted molar refractivity (Wildman–Crippen MR) is 126 cm³/mol. The van der Waals surface area contributed by atoms with E-state index in [0.29, 0.717) is 36.0 Å². The molecule has 1 atom stereocenters. The van der Waals surface area contributed by atoms with Crippen molar-refractivity contribution in [3.8, 4) is 5.75 Å². The van der Waals surface area contributed by atoms with Crippen molar-refractivity contribution in [1.82, 2.24) is 9.80 Å². The van der Waals surface area contributed by atoms with Crippen LogP contribution < -0.4 is 4.74 Å². The normalized spacial score (nSPS) is 17.9. The molecule has 1 heterocycles. The van der Waals surface area contributed by atoms with E-state index in [0.717, 1.165) is 17.5 Å². The molecule has 7 heteroatoms. The maximum absolute atomic E-state index is 13.1. The molecule has 0 bridgehead atoms. The summed E-state index contributed by atoms with van der Waals surface area (Å²) < 4.78 is 5.46. The van der Waals surface area contributed by atoms with Crippen LogP contribution in [0.25, 0.3) is 5.76 Å². The first-order valence-corrected chi connectivity index (χ1v) is 11.1. The molecule has 0 spiro atoms. The van der Waals surface area contributed by atoms with E-state index in [4.69, 9.17) is 16.3 Å². The van der Waals surface area contributed by atoms with Crippen molar-refractivity contribution in [3.05, 3.63) is 69.8 Å². The molecule has 1 amide bonds. The minimum absolute atomic E-state index is 0.0678. The van der Waals surface area contributed by atoms with E-state index in [1.807, 2.05) is 50.2 Å². The molecule has 0 aliphatic carbocycles. The molecule has 2 aromatic rings. The first kappa shape index (κ1) is 23.8. The van der Waals surface area contributed by atoms with Crippen molar-refractivity contribution in [3.63, 3.8) is 0 Å². The highest BCUT2D eigenvalue weighted by Gasteiger charge is 2.45. The average molecular weight is 457 g/mol. The summed E-state index contributed by atoms with van der Waals surface area (Å²) in [5.41, 5.74) is 2.36. The number of nitrogens with zero attached hydrogens (tertiary/aromatic N) is 2. The number of ether oxygens (including phenoxy) is 1. The largest absolute Gasteiger partial charge is 0.507 e. The third-order valence-corrected chi connectivity index (χ3v) is 5.83. The number of likely N-dealkylation sites (tertiary alicyclic amines) is 1. The zero-order valence-corrected chi connectivity index (χ0v) is 19.6. The molecule has 0 aromatic heterocycles. The minimum Gasteiger partial charge on any atom is -0.507 e. The second-order valence-corrected chi connectivity index (χ2v) is 8.38. The Labute approximate surface area is 194 Å². The summed E-state index contributed by atoms with van der Waals surface area (Å²) >= 11 is 6.30. The summed E-state index contributed by atoms with van der Waals surface area (Å²) in [6.07, 6.45) is 0.881. The number of hydrogen-bond acceptors (Lipinski definition) is 5. The SMILES string of the molecule is CCOc1ccc(C(O)=C2C(=O)C(=O)N(CCN(C)C)C2c2ccc(CC)cc2)cc1Cl. The Kier molecular flexibility index (Phi) is 7.59. The average Bonchev–Trinajstić information content (AvgIpc) is 3.03. The van der Waals surface area contributed by atoms with Gasteiger partial charge in [0.2, 0.25) is 0 Å². The van der Waals surface area contributed by atoms with Crippen LogP contribution in [-0.4, -0.2) is 60.4 Å². The van der Waals surface area contributed by atoms with E-state index in [1.165, 1.54) is 4.90 Å². The third kappa shape index (κ3) is 4.81. The molecule has 2 aromatic carbocycles. The van der Waals surface area contributed by atoms with Gasteiger partial charge in [-0.15, -0.1) is 0 Å². The molecule has 0 saturated carbocycles. The fourth-order valence-electron chi connectivity index (χ4n) is 3.78. The number of benzene rings is 2. The molecular formula is C25H29ClN2O4. The smallest absolute Gasteiger partial charge is 0.295 e. The van der Waals surface area contributed by atoms with Gasteiger partial charge in [0, 0.05) is 18.7 Å². The first-order chi connectivity index (χ1) is 15.3. The first-order valence-electron chi connectivity index (χ1n) is 10.7. The number of ketones is 1. The van der Waals surface area contributed by atoms with Crippen molar-refractivity contribution in [2.75, 3.05) is 33.8 Å². The van der Waals surface area contributed by atoms with Gasteiger partial charge < -0.3 is 19.6 Å². The maximum atomic E-state index is 13.1. The number of carbonyl (C=O) groups excluding carboxylic acids is 2. The van der Waals surface area contributed by atoms with Crippen LogP contribution >= 0.6 is 11.6 Å². The van der Waals surface area contributed by atoms with Gasteiger partial charge in [-0.25, -0.2) is 0 Å². The maximum Gasteiger partial charge on any atom is 0.295 e. The molecule has 32 heavy (non-hydrogen) atoms. The zero-order chi connectivity index (χ0) is 23.4. The number of aryl methyl sites for hydroxylation is 1. The van der Waals surface area contributed by atoms with Crippen molar-refractivity contribution in [1.29, 1.82) is 0 Å². The van der Waals surface area contributed by atoms with Crippen LogP contribution in [0.3, 0.4) is 0 Å². The molecule has 6 nitrogen and oxygen atoms in total. The van der Waals surface area contributed by atoms with Crippen LogP contribution in [0.5, 0.6) is 5.75 Å². The van der Waals surface area contributed by atoms with Gasteiger partial charge in [0.25, 0.3) is 11.7 Å². The molecule has 1 aliphatic rings. The molecule has 1 unspecified atom stereocenters. The highest BCUT2D eigenvalue weighted by Crippen LogP contribution is 2.40. The monoisotopic (exact) mass is 456 g/mol. The van der Waals surface area contributed by atoms with Gasteiger partial charge in [-0.3, -0.25) is 9.59 Å². The zero-order valence-electron chi connectivity index (χ0n) is 18.9. The van der Waals surface area contributed by atoms with Gasteiger partial charge in [-0.05, 0) is 56.8 Å². The number of amides is 1. The summed E-state index contributed by atoms with van der Waals surface area (Å²) in [7, 11) is 3.81. The lowest BCUT2D eigenvalue weighted by Gasteiger charge is -2.26. The molecule has 1 fully saturated rings. The van der Waals surface area contributed by atoms with Gasteiger partial charge in [0.1, 0.15) is 11.5 Å². The van der Waals surface area contributed by atoms with Crippen molar-refractivity contribution in [2.24, 2.45) is 0 Å². The lowest BCUT2D eigenvalue weighted by Crippen LogP contribution is -2.35. The standard InChI is InChI=1S/C25H29ClN2O4/c1-5-16-7-9-17(10-8-16)22-21(24(30)25(31)28(22)14-13-27(3)4)23(29)18-11-12-20(32-6-2)19(26)15-18/h7-12,15,22,29H,5-6,13-14H2,1-4H3. The molecule has 1 N–H and O–H groups in total. The van der Waals surface area contributed by atoms with E-state index in [1.54, 1.807) is 18.2 Å². The van der Waals surface area contributed by atoms with Gasteiger partial charge in [0.15, 0.2) is 0 Å². The summed E-state index contributed by atoms with van der Waals surface area (Å²) in [5.74, 6) is -1.07. The van der Waals surface area contributed by atoms with E-state index in [9.17, 15) is 14.7 Å². The predicted octanol–water partition coefficient (Wildman–Crippen LogP) is 4.28. The number of likely N-dealkylation sites (N-methyl/N-ethyl adjacent to an activating group) is 1. The molecule has 3 rings (SSSR count). The van der Waals surface area contributed by atoms with E-state index in [-0.39, 0.29) is 11.3 Å². The van der Waals surface area contributed by atoms with Crippen LogP contribution in [0, 0.1) is 0 Å². The number of hydrogen-bond donors (Lipinski definition) is 1. The Morgan fingerprint density at radius 3 is 2.38 bits per heavy atom. The fraction of sp³-hybridized carbons (Fsp3) is 0.360. The second-order valence-electron chi connectivity index (χ2n) is 7.97.